The van der Waals surface area contributed by atoms with E-state index in [9.17, 15) is 0 Å². The van der Waals surface area contributed by atoms with Crippen molar-refractivity contribution in [3.05, 3.63) is 68.7 Å². The van der Waals surface area contributed by atoms with E-state index in [1.165, 1.54) is 5.56 Å². The van der Waals surface area contributed by atoms with Gasteiger partial charge in [0.15, 0.2) is 0 Å². The fraction of sp³-hybridized carbons (Fsp3) is 0.250. The average molecular weight is 339 g/mol. The van der Waals surface area contributed by atoms with E-state index in [1.54, 1.807) is 0 Å². The van der Waals surface area contributed by atoms with Crippen LogP contribution >= 0.6 is 27.5 Å². The number of benzene rings is 2. The topological polar surface area (TPSA) is 26.0 Å². The molecule has 19 heavy (non-hydrogen) atoms. The second-order valence-electron chi connectivity index (χ2n) is 4.62. The van der Waals surface area contributed by atoms with Crippen LogP contribution in [-0.2, 0) is 6.42 Å². The zero-order valence-corrected chi connectivity index (χ0v) is 13.2. The fourth-order valence-electron chi connectivity index (χ4n) is 2.17. The molecule has 3 heteroatoms. The highest BCUT2D eigenvalue weighted by Crippen LogP contribution is 2.32. The molecule has 0 aliphatic rings. The predicted octanol–water partition coefficient (Wildman–Crippen LogP) is 5.10. The van der Waals surface area contributed by atoms with Crippen molar-refractivity contribution < 1.29 is 0 Å². The molecule has 0 spiro atoms. The Morgan fingerprint density at radius 1 is 1.21 bits per heavy atom. The van der Waals surface area contributed by atoms with E-state index in [0.717, 1.165) is 28.4 Å². The maximum atomic E-state index is 6.35. The van der Waals surface area contributed by atoms with Gasteiger partial charge in [0.25, 0.3) is 0 Å². The molecule has 0 aliphatic carbocycles. The lowest BCUT2D eigenvalue weighted by Crippen LogP contribution is -2.12. The molecule has 0 saturated carbocycles. The molecule has 0 radical (unpaired) electrons. The Hall–Kier alpha value is -0.830. The Balaban J connectivity index is 2.35. The number of halogens is 2. The number of hydrogen-bond donors (Lipinski definition) is 1. The molecule has 0 aliphatic heterocycles. The van der Waals surface area contributed by atoms with Gasteiger partial charge in [0.05, 0.1) is 11.1 Å². The van der Waals surface area contributed by atoms with Gasteiger partial charge in [-0.1, -0.05) is 61.3 Å². The first-order valence-corrected chi connectivity index (χ1v) is 7.59. The van der Waals surface area contributed by atoms with Crippen LogP contribution in [0.25, 0.3) is 0 Å². The number of nitrogens with two attached hydrogens (primary N) is 1. The molecule has 2 N–H and O–H groups in total. The van der Waals surface area contributed by atoms with Crippen LogP contribution in [0.1, 0.15) is 36.1 Å². The van der Waals surface area contributed by atoms with Crippen LogP contribution in [0.2, 0.25) is 5.02 Å². The van der Waals surface area contributed by atoms with Gasteiger partial charge in [0, 0.05) is 4.47 Å². The van der Waals surface area contributed by atoms with E-state index in [-0.39, 0.29) is 6.04 Å². The van der Waals surface area contributed by atoms with Crippen LogP contribution in [0.4, 0.5) is 0 Å². The summed E-state index contributed by atoms with van der Waals surface area (Å²) in [6.45, 7) is 2.18. The van der Waals surface area contributed by atoms with Gasteiger partial charge in [-0.2, -0.15) is 0 Å². The lowest BCUT2D eigenvalue weighted by atomic mass is 9.97. The summed E-state index contributed by atoms with van der Waals surface area (Å²) in [6, 6.07) is 14.1. The maximum absolute atomic E-state index is 6.35. The quantitative estimate of drug-likeness (QED) is 0.824. The smallest absolute Gasteiger partial charge is 0.0599 e. The molecular weight excluding hydrogens is 322 g/mol. The van der Waals surface area contributed by atoms with Crippen molar-refractivity contribution in [3.63, 3.8) is 0 Å². The molecule has 2 aromatic carbocycles. The largest absolute Gasteiger partial charge is 0.320 e. The van der Waals surface area contributed by atoms with Crippen molar-refractivity contribution in [1.29, 1.82) is 0 Å². The lowest BCUT2D eigenvalue weighted by molar-refractivity contribution is 0.858. The third-order valence-electron chi connectivity index (χ3n) is 3.17. The summed E-state index contributed by atoms with van der Waals surface area (Å²) in [5, 5.41) is 0.691. The van der Waals surface area contributed by atoms with Crippen LogP contribution < -0.4 is 5.73 Å². The Morgan fingerprint density at radius 3 is 2.68 bits per heavy atom. The van der Waals surface area contributed by atoms with Gasteiger partial charge < -0.3 is 5.73 Å². The van der Waals surface area contributed by atoms with Crippen molar-refractivity contribution in [3.8, 4) is 0 Å². The van der Waals surface area contributed by atoms with Crippen molar-refractivity contribution in [2.24, 2.45) is 5.73 Å². The summed E-state index contributed by atoms with van der Waals surface area (Å²) < 4.78 is 0.881. The molecule has 0 heterocycles. The number of rotatable bonds is 4. The van der Waals surface area contributed by atoms with Gasteiger partial charge in [0.2, 0.25) is 0 Å². The molecule has 0 bridgehead atoms. The third-order valence-corrected chi connectivity index (χ3v) is 4.48. The van der Waals surface area contributed by atoms with Crippen LogP contribution in [0.15, 0.2) is 46.9 Å². The Bertz CT molecular complexity index is 568. The van der Waals surface area contributed by atoms with Gasteiger partial charge in [-0.15, -0.1) is 0 Å². The molecule has 2 rings (SSSR count). The van der Waals surface area contributed by atoms with Gasteiger partial charge >= 0.3 is 0 Å². The van der Waals surface area contributed by atoms with E-state index in [2.05, 4.69) is 47.1 Å². The first-order valence-electron chi connectivity index (χ1n) is 6.41. The Kier molecular flexibility index (Phi) is 5.03. The first kappa shape index (κ1) is 14.6. The van der Waals surface area contributed by atoms with Crippen molar-refractivity contribution in [2.45, 2.75) is 25.8 Å². The Morgan fingerprint density at radius 2 is 1.95 bits per heavy atom. The summed E-state index contributed by atoms with van der Waals surface area (Å²) >= 11 is 9.75. The molecule has 0 fully saturated rings. The molecular formula is C16H17BrClN. The predicted molar refractivity (Wildman–Crippen MR) is 85.6 cm³/mol. The van der Waals surface area contributed by atoms with Crippen molar-refractivity contribution in [1.82, 2.24) is 0 Å². The SMILES string of the molecule is CCCc1cccc(C(N)c2cccc(Br)c2Cl)c1. The number of hydrogen-bond acceptors (Lipinski definition) is 1. The van der Waals surface area contributed by atoms with E-state index in [4.69, 9.17) is 17.3 Å². The standard InChI is InChI=1S/C16H17BrClN/c1-2-5-11-6-3-7-12(10-11)16(19)13-8-4-9-14(17)15(13)18/h3-4,6-10,16H,2,5,19H2,1H3. The van der Waals surface area contributed by atoms with Crippen LogP contribution in [0, 0.1) is 0 Å². The Labute approximate surface area is 127 Å². The zero-order chi connectivity index (χ0) is 13.8. The maximum Gasteiger partial charge on any atom is 0.0599 e. The monoisotopic (exact) mass is 337 g/mol. The van der Waals surface area contributed by atoms with Gasteiger partial charge in [-0.25, -0.2) is 0 Å². The van der Waals surface area contributed by atoms with Crippen LogP contribution in [0.5, 0.6) is 0 Å². The molecule has 1 atom stereocenters. The molecule has 0 amide bonds. The minimum absolute atomic E-state index is 0.193. The average Bonchev–Trinajstić information content (AvgIpc) is 2.42. The molecule has 0 aromatic heterocycles. The molecule has 2 aromatic rings. The van der Waals surface area contributed by atoms with E-state index >= 15 is 0 Å². The molecule has 100 valence electrons. The number of aryl methyl sites for hydroxylation is 1. The van der Waals surface area contributed by atoms with Crippen LogP contribution in [0.3, 0.4) is 0 Å². The van der Waals surface area contributed by atoms with Gasteiger partial charge in [-0.3, -0.25) is 0 Å². The minimum atomic E-state index is -0.193. The van der Waals surface area contributed by atoms with Crippen molar-refractivity contribution in [2.75, 3.05) is 0 Å². The summed E-state index contributed by atoms with van der Waals surface area (Å²) in [7, 11) is 0. The van der Waals surface area contributed by atoms with Crippen molar-refractivity contribution >= 4 is 27.5 Å². The fourth-order valence-corrected chi connectivity index (χ4v) is 2.80. The minimum Gasteiger partial charge on any atom is -0.320 e. The van der Waals surface area contributed by atoms with Gasteiger partial charge in [-0.05, 0) is 45.1 Å². The third kappa shape index (κ3) is 3.38. The normalized spacial score (nSPS) is 12.4. The molecule has 1 unspecified atom stereocenters. The zero-order valence-electron chi connectivity index (χ0n) is 10.9. The summed E-state index contributed by atoms with van der Waals surface area (Å²) in [4.78, 5) is 0. The highest BCUT2D eigenvalue weighted by atomic mass is 79.9. The second kappa shape index (κ2) is 6.56. The van der Waals surface area contributed by atoms with E-state index in [1.807, 2.05) is 18.2 Å². The van der Waals surface area contributed by atoms with E-state index in [0.29, 0.717) is 5.02 Å². The lowest BCUT2D eigenvalue weighted by Gasteiger charge is -2.16. The molecule has 0 saturated heterocycles. The van der Waals surface area contributed by atoms with Gasteiger partial charge in [0.1, 0.15) is 0 Å². The summed E-state index contributed by atoms with van der Waals surface area (Å²) in [6.07, 6.45) is 2.21. The highest BCUT2D eigenvalue weighted by molar-refractivity contribution is 9.10. The van der Waals surface area contributed by atoms with Crippen LogP contribution in [-0.4, -0.2) is 0 Å². The summed E-state index contributed by atoms with van der Waals surface area (Å²) in [5.41, 5.74) is 9.72. The molecule has 1 nitrogen and oxygen atoms in total. The highest BCUT2D eigenvalue weighted by Gasteiger charge is 2.14. The second-order valence-corrected chi connectivity index (χ2v) is 5.85. The first-order chi connectivity index (χ1) is 9.13. The van der Waals surface area contributed by atoms with E-state index < -0.39 is 0 Å². The summed E-state index contributed by atoms with van der Waals surface area (Å²) in [5.74, 6) is 0.